The second kappa shape index (κ2) is 37.1. The van der Waals surface area contributed by atoms with E-state index in [0.717, 1.165) is 31.6 Å². The summed E-state index contributed by atoms with van der Waals surface area (Å²) in [6.07, 6.45) is 49.6. The lowest BCUT2D eigenvalue weighted by atomic mass is 9.99. The molecule has 43 heavy (non-hydrogen) atoms. The summed E-state index contributed by atoms with van der Waals surface area (Å²) in [6, 6.07) is 0. The maximum Gasteiger partial charge on any atom is 0.305 e. The number of rotatable bonds is 35. The molecule has 0 amide bonds. The summed E-state index contributed by atoms with van der Waals surface area (Å²) in [4.78, 5) is 11.9. The molecule has 0 aromatic heterocycles. The summed E-state index contributed by atoms with van der Waals surface area (Å²) in [5.41, 5.74) is 0. The minimum Gasteiger partial charge on any atom is -0.466 e. The first-order valence-electron chi connectivity index (χ1n) is 19.7. The van der Waals surface area contributed by atoms with Crippen LogP contribution in [0.5, 0.6) is 0 Å². The first kappa shape index (κ1) is 42.0. The average molecular weight is 603 g/mol. The molecule has 0 N–H and O–H groups in total. The third-order valence-corrected chi connectivity index (χ3v) is 9.13. The Hall–Kier alpha value is -1.05. The standard InChI is InChI=1S/C41H78O2/c1-4-6-7-8-9-10-11-12-16-20-23-26-29-32-35-38-41(42)43-39-36-33-30-27-24-21-18-15-13-14-17-19-22-25-28-31-34-37-40(3)5-2/h9-10,12,16,40H,4-8,11,13-15,17-39H2,1-3H3/b10-9-,16-12-. The molecule has 1 unspecified atom stereocenters. The fourth-order valence-electron chi connectivity index (χ4n) is 5.79. The topological polar surface area (TPSA) is 26.3 Å². The van der Waals surface area contributed by atoms with E-state index >= 15 is 0 Å². The first-order chi connectivity index (χ1) is 21.2. The summed E-state index contributed by atoms with van der Waals surface area (Å²) >= 11 is 0. The molecule has 0 spiro atoms. The second-order valence-corrected chi connectivity index (χ2v) is 13.5. The van der Waals surface area contributed by atoms with Crippen molar-refractivity contribution in [1.82, 2.24) is 0 Å². The lowest BCUT2D eigenvalue weighted by Gasteiger charge is -2.07. The van der Waals surface area contributed by atoms with E-state index in [2.05, 4.69) is 45.1 Å². The molecule has 1 atom stereocenters. The molecule has 254 valence electrons. The normalized spacial score (nSPS) is 12.5. The maximum atomic E-state index is 11.9. The van der Waals surface area contributed by atoms with Crippen LogP contribution in [0, 0.1) is 5.92 Å². The van der Waals surface area contributed by atoms with Gasteiger partial charge < -0.3 is 4.74 Å². The lowest BCUT2D eigenvalue weighted by Crippen LogP contribution is -2.05. The molecule has 0 radical (unpaired) electrons. The van der Waals surface area contributed by atoms with Gasteiger partial charge in [-0.05, 0) is 50.9 Å². The molecule has 0 aliphatic carbocycles. The van der Waals surface area contributed by atoms with Crippen molar-refractivity contribution in [3.63, 3.8) is 0 Å². The molecule has 2 heteroatoms. The second-order valence-electron chi connectivity index (χ2n) is 13.5. The van der Waals surface area contributed by atoms with Gasteiger partial charge in [-0.2, -0.15) is 0 Å². The van der Waals surface area contributed by atoms with Crippen LogP contribution in [0.15, 0.2) is 24.3 Å². The molecule has 0 heterocycles. The van der Waals surface area contributed by atoms with Gasteiger partial charge in [0.2, 0.25) is 0 Å². The van der Waals surface area contributed by atoms with E-state index in [0.29, 0.717) is 13.0 Å². The molecule has 0 rings (SSSR count). The molecule has 0 saturated heterocycles. The number of carbonyl (C=O) groups excluding carboxylic acids is 1. The number of hydrogen-bond acceptors (Lipinski definition) is 2. The highest BCUT2D eigenvalue weighted by Gasteiger charge is 2.03. The molecule has 0 aliphatic heterocycles. The summed E-state index contributed by atoms with van der Waals surface area (Å²) in [5, 5.41) is 0. The van der Waals surface area contributed by atoms with E-state index < -0.39 is 0 Å². The zero-order chi connectivity index (χ0) is 31.3. The van der Waals surface area contributed by atoms with Gasteiger partial charge in [-0.25, -0.2) is 0 Å². The number of ether oxygens (including phenoxy) is 1. The van der Waals surface area contributed by atoms with Crippen LogP contribution in [0.1, 0.15) is 220 Å². The van der Waals surface area contributed by atoms with Crippen LogP contribution in [0.4, 0.5) is 0 Å². The van der Waals surface area contributed by atoms with Crippen LogP contribution in [-0.2, 0) is 9.53 Å². The highest BCUT2D eigenvalue weighted by Crippen LogP contribution is 2.16. The Morgan fingerprint density at radius 1 is 0.512 bits per heavy atom. The van der Waals surface area contributed by atoms with E-state index in [1.54, 1.807) is 0 Å². The Bertz CT molecular complexity index is 593. The lowest BCUT2D eigenvalue weighted by molar-refractivity contribution is -0.143. The Morgan fingerprint density at radius 3 is 1.42 bits per heavy atom. The van der Waals surface area contributed by atoms with E-state index in [1.165, 1.54) is 167 Å². The van der Waals surface area contributed by atoms with Gasteiger partial charge in [0.25, 0.3) is 0 Å². The molecule has 0 aromatic carbocycles. The van der Waals surface area contributed by atoms with Gasteiger partial charge in [0, 0.05) is 6.42 Å². The maximum absolute atomic E-state index is 11.9. The van der Waals surface area contributed by atoms with Crippen molar-refractivity contribution in [3.05, 3.63) is 24.3 Å². The zero-order valence-electron chi connectivity index (χ0n) is 29.8. The minimum atomic E-state index is 0.0122. The Kier molecular flexibility index (Phi) is 36.2. The number of unbranched alkanes of at least 4 members (excludes halogenated alkanes) is 24. The molecular formula is C41H78O2. The number of carbonyl (C=O) groups is 1. The van der Waals surface area contributed by atoms with E-state index in [1.807, 2.05) is 0 Å². The van der Waals surface area contributed by atoms with E-state index in [-0.39, 0.29) is 5.97 Å². The fraction of sp³-hybridized carbons (Fsp3) is 0.878. The van der Waals surface area contributed by atoms with Crippen LogP contribution in [0.2, 0.25) is 0 Å². The van der Waals surface area contributed by atoms with Crippen LogP contribution in [0.25, 0.3) is 0 Å². The van der Waals surface area contributed by atoms with Gasteiger partial charge in [0.15, 0.2) is 0 Å². The number of esters is 1. The molecule has 0 aliphatic rings. The Morgan fingerprint density at radius 2 is 0.930 bits per heavy atom. The van der Waals surface area contributed by atoms with Crippen molar-refractivity contribution in [1.29, 1.82) is 0 Å². The molecule has 0 aromatic rings. The SMILES string of the molecule is CCCCC/C=C\C/C=C\CCCCCCCC(=O)OCCCCCCCCCCCCCCCCCCCC(C)CC. The largest absolute Gasteiger partial charge is 0.466 e. The van der Waals surface area contributed by atoms with Gasteiger partial charge in [-0.3, -0.25) is 4.79 Å². The van der Waals surface area contributed by atoms with E-state index in [9.17, 15) is 4.79 Å². The van der Waals surface area contributed by atoms with Crippen molar-refractivity contribution in [2.75, 3.05) is 6.61 Å². The van der Waals surface area contributed by atoms with Crippen molar-refractivity contribution in [3.8, 4) is 0 Å². The van der Waals surface area contributed by atoms with E-state index in [4.69, 9.17) is 4.74 Å². The predicted molar refractivity (Wildman–Crippen MR) is 193 cm³/mol. The number of allylic oxidation sites excluding steroid dienone is 4. The van der Waals surface area contributed by atoms with Crippen molar-refractivity contribution in [2.24, 2.45) is 5.92 Å². The van der Waals surface area contributed by atoms with Gasteiger partial charge in [0.1, 0.15) is 0 Å². The quantitative estimate of drug-likeness (QED) is 0.0410. The predicted octanol–water partition coefficient (Wildman–Crippen LogP) is 14.4. The number of hydrogen-bond donors (Lipinski definition) is 0. The molecule has 0 fully saturated rings. The summed E-state index contributed by atoms with van der Waals surface area (Å²) < 4.78 is 5.45. The summed E-state index contributed by atoms with van der Waals surface area (Å²) in [7, 11) is 0. The Labute approximate surface area is 271 Å². The third kappa shape index (κ3) is 37.0. The summed E-state index contributed by atoms with van der Waals surface area (Å²) in [6.45, 7) is 7.58. The third-order valence-electron chi connectivity index (χ3n) is 9.13. The smallest absolute Gasteiger partial charge is 0.305 e. The van der Waals surface area contributed by atoms with Crippen molar-refractivity contribution >= 4 is 5.97 Å². The Balaban J connectivity index is 3.21. The van der Waals surface area contributed by atoms with Crippen LogP contribution < -0.4 is 0 Å². The van der Waals surface area contributed by atoms with Crippen LogP contribution >= 0.6 is 0 Å². The highest BCUT2D eigenvalue weighted by molar-refractivity contribution is 5.69. The van der Waals surface area contributed by atoms with Gasteiger partial charge in [-0.1, -0.05) is 193 Å². The summed E-state index contributed by atoms with van der Waals surface area (Å²) in [5.74, 6) is 0.942. The van der Waals surface area contributed by atoms with Gasteiger partial charge in [-0.15, -0.1) is 0 Å². The van der Waals surface area contributed by atoms with Crippen LogP contribution in [-0.4, -0.2) is 12.6 Å². The zero-order valence-corrected chi connectivity index (χ0v) is 29.8. The highest BCUT2D eigenvalue weighted by atomic mass is 16.5. The average Bonchev–Trinajstić information content (AvgIpc) is 3.01. The van der Waals surface area contributed by atoms with Gasteiger partial charge in [0.05, 0.1) is 6.61 Å². The molecule has 2 nitrogen and oxygen atoms in total. The first-order valence-corrected chi connectivity index (χ1v) is 19.7. The monoisotopic (exact) mass is 603 g/mol. The van der Waals surface area contributed by atoms with Crippen molar-refractivity contribution < 1.29 is 9.53 Å². The van der Waals surface area contributed by atoms with Crippen molar-refractivity contribution in [2.45, 2.75) is 220 Å². The fourth-order valence-corrected chi connectivity index (χ4v) is 5.79. The molecule has 0 bridgehead atoms. The molecule has 0 saturated carbocycles. The minimum absolute atomic E-state index is 0.0122. The van der Waals surface area contributed by atoms with Gasteiger partial charge >= 0.3 is 5.97 Å². The van der Waals surface area contributed by atoms with Crippen LogP contribution in [0.3, 0.4) is 0 Å². The molecular weight excluding hydrogens is 524 g/mol.